The van der Waals surface area contributed by atoms with Crippen LogP contribution in [0.3, 0.4) is 0 Å². The number of primary amides is 1. The third kappa shape index (κ3) is 4.72. The van der Waals surface area contributed by atoms with Crippen molar-refractivity contribution in [3.8, 4) is 0 Å². The molecule has 30 heavy (non-hydrogen) atoms. The molecule has 3 aliphatic heterocycles. The minimum Gasteiger partial charge on any atom is -0.481 e. The van der Waals surface area contributed by atoms with Gasteiger partial charge >= 0.3 is 5.97 Å². The first-order chi connectivity index (χ1) is 14.3. The van der Waals surface area contributed by atoms with E-state index in [0.717, 1.165) is 25.8 Å². The molecule has 4 amide bonds. The van der Waals surface area contributed by atoms with Crippen LogP contribution in [0.25, 0.3) is 0 Å². The van der Waals surface area contributed by atoms with Gasteiger partial charge in [-0.05, 0) is 45.1 Å². The van der Waals surface area contributed by atoms with Gasteiger partial charge in [-0.2, -0.15) is 0 Å². The van der Waals surface area contributed by atoms with Gasteiger partial charge in [0.2, 0.25) is 23.6 Å². The van der Waals surface area contributed by atoms with Crippen LogP contribution in [-0.4, -0.2) is 88.3 Å². The Morgan fingerprint density at radius 1 is 0.967 bits per heavy atom. The van der Waals surface area contributed by atoms with Crippen LogP contribution in [0, 0.1) is 0 Å². The van der Waals surface area contributed by atoms with E-state index in [2.05, 4.69) is 10.6 Å². The summed E-state index contributed by atoms with van der Waals surface area (Å²) in [6.07, 6.45) is 3.33. The van der Waals surface area contributed by atoms with Crippen LogP contribution in [0.15, 0.2) is 0 Å². The van der Waals surface area contributed by atoms with E-state index in [1.54, 1.807) is 4.90 Å². The fourth-order valence-corrected chi connectivity index (χ4v) is 4.54. The van der Waals surface area contributed by atoms with E-state index in [9.17, 15) is 24.0 Å². The van der Waals surface area contributed by atoms with Crippen molar-refractivity contribution in [2.75, 3.05) is 19.6 Å². The Morgan fingerprint density at radius 3 is 2.17 bits per heavy atom. The topological polar surface area (TPSA) is 162 Å². The van der Waals surface area contributed by atoms with Gasteiger partial charge in [0.05, 0.1) is 12.5 Å². The average molecular weight is 423 g/mol. The third-order valence-electron chi connectivity index (χ3n) is 6.06. The van der Waals surface area contributed by atoms with Crippen LogP contribution in [0.2, 0.25) is 0 Å². The molecule has 4 atom stereocenters. The second-order valence-electron chi connectivity index (χ2n) is 8.09. The van der Waals surface area contributed by atoms with Crippen LogP contribution in [-0.2, 0) is 24.0 Å². The van der Waals surface area contributed by atoms with Crippen LogP contribution in [0.1, 0.15) is 44.9 Å². The summed E-state index contributed by atoms with van der Waals surface area (Å²) in [7, 11) is 0. The maximum atomic E-state index is 13.2. The van der Waals surface area contributed by atoms with Gasteiger partial charge in [0.15, 0.2) is 0 Å². The fourth-order valence-electron chi connectivity index (χ4n) is 4.54. The Morgan fingerprint density at radius 2 is 1.60 bits per heavy atom. The quantitative estimate of drug-likeness (QED) is 0.374. The number of hydrogen-bond donors (Lipinski definition) is 4. The lowest BCUT2D eigenvalue weighted by Crippen LogP contribution is -2.56. The number of amides is 4. The Bertz CT molecular complexity index is 722. The monoisotopic (exact) mass is 423 g/mol. The molecule has 3 saturated heterocycles. The van der Waals surface area contributed by atoms with E-state index >= 15 is 0 Å². The molecule has 0 aliphatic carbocycles. The lowest BCUT2D eigenvalue weighted by Gasteiger charge is -2.32. The molecule has 3 heterocycles. The van der Waals surface area contributed by atoms with Crippen LogP contribution in [0.5, 0.6) is 0 Å². The number of hydrogen-bond acceptors (Lipinski definition) is 6. The van der Waals surface area contributed by atoms with Crippen molar-refractivity contribution in [2.45, 2.75) is 69.1 Å². The summed E-state index contributed by atoms with van der Waals surface area (Å²) >= 11 is 0. The lowest BCUT2D eigenvalue weighted by molar-refractivity contribution is -0.147. The first-order valence-electron chi connectivity index (χ1n) is 10.5. The van der Waals surface area contributed by atoms with E-state index in [1.165, 1.54) is 4.90 Å². The Kier molecular flexibility index (Phi) is 6.91. The van der Waals surface area contributed by atoms with Crippen molar-refractivity contribution >= 4 is 29.6 Å². The average Bonchev–Trinajstić information content (AvgIpc) is 3.47. The van der Waals surface area contributed by atoms with E-state index in [1.807, 2.05) is 0 Å². The van der Waals surface area contributed by atoms with Gasteiger partial charge in [0.1, 0.15) is 18.1 Å². The number of aliphatic carboxylic acids is 1. The smallest absolute Gasteiger partial charge is 0.305 e. The van der Waals surface area contributed by atoms with Crippen molar-refractivity contribution in [3.63, 3.8) is 0 Å². The minimum absolute atomic E-state index is 0.0706. The molecule has 0 saturated carbocycles. The van der Waals surface area contributed by atoms with Crippen molar-refractivity contribution < 1.29 is 29.1 Å². The molecule has 0 aromatic heterocycles. The molecule has 5 N–H and O–H groups in total. The van der Waals surface area contributed by atoms with Gasteiger partial charge in [0, 0.05) is 13.1 Å². The second kappa shape index (κ2) is 9.41. The number of carbonyl (C=O) groups excluding carboxylic acids is 4. The van der Waals surface area contributed by atoms with Gasteiger partial charge in [-0.15, -0.1) is 0 Å². The van der Waals surface area contributed by atoms with Crippen LogP contribution < -0.4 is 16.4 Å². The molecule has 3 aliphatic rings. The van der Waals surface area contributed by atoms with Crippen molar-refractivity contribution in [1.82, 2.24) is 20.4 Å². The van der Waals surface area contributed by atoms with Gasteiger partial charge in [-0.1, -0.05) is 0 Å². The van der Waals surface area contributed by atoms with Crippen molar-refractivity contribution in [1.29, 1.82) is 0 Å². The van der Waals surface area contributed by atoms with Crippen molar-refractivity contribution in [2.24, 2.45) is 5.73 Å². The molecule has 11 heteroatoms. The van der Waals surface area contributed by atoms with E-state index in [-0.39, 0.29) is 17.9 Å². The molecule has 3 fully saturated rings. The summed E-state index contributed by atoms with van der Waals surface area (Å²) in [5.74, 6) is -3.15. The molecule has 11 nitrogen and oxygen atoms in total. The molecule has 0 unspecified atom stereocenters. The van der Waals surface area contributed by atoms with Gasteiger partial charge in [-0.3, -0.25) is 24.0 Å². The number of carboxylic acids is 1. The van der Waals surface area contributed by atoms with Gasteiger partial charge < -0.3 is 31.3 Å². The van der Waals surface area contributed by atoms with E-state index in [4.69, 9.17) is 10.8 Å². The predicted molar refractivity (Wildman–Crippen MR) is 104 cm³/mol. The molecule has 0 spiro atoms. The van der Waals surface area contributed by atoms with E-state index in [0.29, 0.717) is 32.4 Å². The number of nitrogens with zero attached hydrogens (tertiary/aromatic N) is 2. The molecule has 0 aromatic carbocycles. The van der Waals surface area contributed by atoms with Gasteiger partial charge in [0.25, 0.3) is 0 Å². The molecule has 0 bridgehead atoms. The summed E-state index contributed by atoms with van der Waals surface area (Å²) in [4.78, 5) is 64.2. The van der Waals surface area contributed by atoms with E-state index < -0.39 is 42.3 Å². The normalized spacial score (nSPS) is 27.1. The zero-order valence-corrected chi connectivity index (χ0v) is 16.8. The fraction of sp³-hybridized carbons (Fsp3) is 0.737. The highest BCUT2D eigenvalue weighted by atomic mass is 16.4. The Hall–Kier alpha value is -2.69. The van der Waals surface area contributed by atoms with Crippen LogP contribution >= 0.6 is 0 Å². The Labute approximate surface area is 174 Å². The highest BCUT2D eigenvalue weighted by Crippen LogP contribution is 2.26. The predicted octanol–water partition coefficient (Wildman–Crippen LogP) is -1.83. The zero-order valence-electron chi connectivity index (χ0n) is 16.8. The molecular weight excluding hydrogens is 394 g/mol. The first-order valence-corrected chi connectivity index (χ1v) is 10.5. The van der Waals surface area contributed by atoms with Gasteiger partial charge in [-0.25, -0.2) is 0 Å². The molecule has 0 radical (unpaired) electrons. The third-order valence-corrected chi connectivity index (χ3v) is 6.06. The highest BCUT2D eigenvalue weighted by Gasteiger charge is 2.44. The number of nitrogens with one attached hydrogen (secondary N) is 2. The lowest BCUT2D eigenvalue weighted by atomic mass is 10.1. The SMILES string of the molecule is NC(=O)[C@@H](CC(=O)O)NC(=O)[C@@H]1CCCN1C(=O)[C@@H]1CCCN1C(=O)[C@@H]1CCCN1. The highest BCUT2D eigenvalue weighted by molar-refractivity contribution is 5.96. The van der Waals surface area contributed by atoms with Crippen LogP contribution in [0.4, 0.5) is 0 Å². The molecule has 166 valence electrons. The summed E-state index contributed by atoms with van der Waals surface area (Å²) in [6.45, 7) is 1.67. The second-order valence-corrected chi connectivity index (χ2v) is 8.09. The van der Waals surface area contributed by atoms with Crippen molar-refractivity contribution in [3.05, 3.63) is 0 Å². The molecular formula is C19H29N5O6. The number of rotatable bonds is 7. The molecule has 3 rings (SSSR count). The summed E-state index contributed by atoms with van der Waals surface area (Å²) < 4.78 is 0. The first kappa shape index (κ1) is 22.0. The zero-order chi connectivity index (χ0) is 21.8. The number of carboxylic acid groups (broad SMARTS) is 1. The maximum absolute atomic E-state index is 13.2. The maximum Gasteiger partial charge on any atom is 0.305 e. The number of carbonyl (C=O) groups is 5. The summed E-state index contributed by atoms with van der Waals surface area (Å²) in [6, 6.07) is -3.01. The molecule has 0 aromatic rings. The minimum atomic E-state index is -1.34. The largest absolute Gasteiger partial charge is 0.481 e. The number of likely N-dealkylation sites (tertiary alicyclic amines) is 2. The Balaban J connectivity index is 1.67. The number of nitrogens with two attached hydrogens (primary N) is 1. The summed E-state index contributed by atoms with van der Waals surface area (Å²) in [5, 5.41) is 14.4. The standard InChI is InChI=1S/C19H29N5O6/c20-16(27)12(10-15(25)26)22-17(28)13-5-2-8-23(13)19(30)14-6-3-9-24(14)18(29)11-4-1-7-21-11/h11-14,21H,1-10H2,(H2,20,27)(H,22,28)(H,25,26)/t11-,12+,13-,14-/m0/s1. The summed E-state index contributed by atoms with van der Waals surface area (Å²) in [5.41, 5.74) is 5.19.